The van der Waals surface area contributed by atoms with E-state index < -0.39 is 0 Å². The highest BCUT2D eigenvalue weighted by atomic mass is 15.1. The van der Waals surface area contributed by atoms with Crippen LogP contribution >= 0.6 is 0 Å². The standard InChI is InChI=1S/C13H18N4.C2H6/c1-15-8-11(7-14)12-6-10-4-3-5-17(2)13(10)9-16-12;1-2/h6-9H,3-5,14H2,1-2H3;1-2H3/b11-7+,15-8?;. The molecule has 4 heteroatoms. The summed E-state index contributed by atoms with van der Waals surface area (Å²) < 4.78 is 0. The van der Waals surface area contributed by atoms with Crippen LogP contribution in [0.2, 0.25) is 0 Å². The van der Waals surface area contributed by atoms with Crippen molar-refractivity contribution >= 4 is 17.5 Å². The Morgan fingerprint density at radius 3 is 2.84 bits per heavy atom. The third-order valence-electron chi connectivity index (χ3n) is 3.06. The summed E-state index contributed by atoms with van der Waals surface area (Å²) >= 11 is 0. The molecule has 19 heavy (non-hydrogen) atoms. The van der Waals surface area contributed by atoms with Crippen molar-refractivity contribution in [3.05, 3.63) is 29.7 Å². The molecule has 2 N–H and O–H groups in total. The first-order valence-corrected chi connectivity index (χ1v) is 6.80. The van der Waals surface area contributed by atoms with E-state index >= 15 is 0 Å². The fraction of sp³-hybridized carbons (Fsp3) is 0.467. The number of aliphatic imine (C=N–C) groups is 1. The molecule has 0 aromatic carbocycles. The summed E-state index contributed by atoms with van der Waals surface area (Å²) in [5.41, 5.74) is 9.92. The molecule has 0 spiro atoms. The van der Waals surface area contributed by atoms with Crippen molar-refractivity contribution in [3.8, 4) is 0 Å². The number of fused-ring (bicyclic) bond motifs is 1. The van der Waals surface area contributed by atoms with Gasteiger partial charge in [-0.1, -0.05) is 13.8 Å². The Bertz CT molecular complexity index is 463. The second-order valence-electron chi connectivity index (χ2n) is 4.23. The molecule has 2 heterocycles. The molecule has 0 amide bonds. The maximum Gasteiger partial charge on any atom is 0.0736 e. The van der Waals surface area contributed by atoms with Crippen LogP contribution in [0, 0.1) is 0 Å². The van der Waals surface area contributed by atoms with Gasteiger partial charge in [0, 0.05) is 38.6 Å². The number of allylic oxidation sites excluding steroid dienone is 1. The molecule has 0 saturated carbocycles. The quantitative estimate of drug-likeness (QED) is 0.831. The Balaban J connectivity index is 0.000000861. The number of pyridine rings is 1. The summed E-state index contributed by atoms with van der Waals surface area (Å²) in [5.74, 6) is 0. The molecule has 1 aromatic heterocycles. The number of hydrogen-bond donors (Lipinski definition) is 1. The molecule has 0 atom stereocenters. The minimum Gasteiger partial charge on any atom is -0.404 e. The van der Waals surface area contributed by atoms with Crippen molar-refractivity contribution in [1.82, 2.24) is 4.98 Å². The average Bonchev–Trinajstić information content (AvgIpc) is 2.47. The second-order valence-corrected chi connectivity index (χ2v) is 4.23. The van der Waals surface area contributed by atoms with Crippen molar-refractivity contribution in [2.45, 2.75) is 26.7 Å². The predicted octanol–water partition coefficient (Wildman–Crippen LogP) is 2.49. The summed E-state index contributed by atoms with van der Waals surface area (Å²) in [7, 11) is 3.84. The fourth-order valence-corrected chi connectivity index (χ4v) is 2.15. The summed E-state index contributed by atoms with van der Waals surface area (Å²) in [6.07, 6.45) is 7.51. The van der Waals surface area contributed by atoms with E-state index in [4.69, 9.17) is 5.73 Å². The summed E-state index contributed by atoms with van der Waals surface area (Å²) in [6, 6.07) is 2.12. The fourth-order valence-electron chi connectivity index (χ4n) is 2.15. The maximum atomic E-state index is 5.59. The van der Waals surface area contributed by atoms with Gasteiger partial charge < -0.3 is 10.6 Å². The Morgan fingerprint density at radius 2 is 2.21 bits per heavy atom. The van der Waals surface area contributed by atoms with Crippen LogP contribution in [0.1, 0.15) is 31.5 Å². The Hall–Kier alpha value is -1.84. The Morgan fingerprint density at radius 1 is 1.47 bits per heavy atom. The number of anilines is 1. The third kappa shape index (κ3) is 3.56. The van der Waals surface area contributed by atoms with Gasteiger partial charge in [0.1, 0.15) is 0 Å². The lowest BCUT2D eigenvalue weighted by molar-refractivity contribution is 0.741. The van der Waals surface area contributed by atoms with Gasteiger partial charge >= 0.3 is 0 Å². The number of aromatic nitrogens is 1. The van der Waals surface area contributed by atoms with Gasteiger partial charge in [0.05, 0.1) is 17.6 Å². The predicted molar refractivity (Wildman–Crippen MR) is 83.8 cm³/mol. The molecule has 0 aliphatic carbocycles. The molecular formula is C15H24N4. The van der Waals surface area contributed by atoms with E-state index in [1.54, 1.807) is 19.5 Å². The topological polar surface area (TPSA) is 54.5 Å². The first-order valence-electron chi connectivity index (χ1n) is 6.80. The minimum absolute atomic E-state index is 0.864. The van der Waals surface area contributed by atoms with Gasteiger partial charge in [0.25, 0.3) is 0 Å². The number of nitrogens with two attached hydrogens (primary N) is 1. The molecule has 2 rings (SSSR count). The number of rotatable bonds is 2. The Labute approximate surface area is 116 Å². The largest absolute Gasteiger partial charge is 0.404 e. The highest BCUT2D eigenvalue weighted by molar-refractivity contribution is 6.08. The van der Waals surface area contributed by atoms with E-state index in [0.717, 1.165) is 24.2 Å². The van der Waals surface area contributed by atoms with Gasteiger partial charge in [0.2, 0.25) is 0 Å². The monoisotopic (exact) mass is 260 g/mol. The molecule has 0 bridgehead atoms. The average molecular weight is 260 g/mol. The van der Waals surface area contributed by atoms with Crippen LogP contribution in [0.4, 0.5) is 5.69 Å². The zero-order valence-electron chi connectivity index (χ0n) is 12.3. The van der Waals surface area contributed by atoms with Crippen LogP contribution in [-0.4, -0.2) is 31.8 Å². The molecule has 1 aliphatic rings. The molecule has 1 aliphatic heterocycles. The normalized spacial score (nSPS) is 14.9. The lowest BCUT2D eigenvalue weighted by atomic mass is 10.0. The first-order chi connectivity index (χ1) is 9.26. The van der Waals surface area contributed by atoms with Crippen LogP contribution < -0.4 is 10.6 Å². The first kappa shape index (κ1) is 15.2. The summed E-state index contributed by atoms with van der Waals surface area (Å²) in [4.78, 5) is 10.7. The zero-order chi connectivity index (χ0) is 14.3. The van der Waals surface area contributed by atoms with Crippen molar-refractivity contribution in [2.75, 3.05) is 25.5 Å². The Kier molecular flexibility index (Phi) is 6.06. The number of nitrogens with zero attached hydrogens (tertiary/aromatic N) is 3. The van der Waals surface area contributed by atoms with Crippen molar-refractivity contribution in [3.63, 3.8) is 0 Å². The lowest BCUT2D eigenvalue weighted by Crippen LogP contribution is -2.25. The van der Waals surface area contributed by atoms with Gasteiger partial charge in [-0.25, -0.2) is 0 Å². The second kappa shape index (κ2) is 7.56. The minimum atomic E-state index is 0.864. The van der Waals surface area contributed by atoms with Gasteiger partial charge in [-0.05, 0) is 24.5 Å². The molecular weight excluding hydrogens is 236 g/mol. The highest BCUT2D eigenvalue weighted by Crippen LogP contribution is 2.26. The van der Waals surface area contributed by atoms with E-state index in [1.165, 1.54) is 17.7 Å². The van der Waals surface area contributed by atoms with Gasteiger partial charge in [-0.15, -0.1) is 0 Å². The smallest absolute Gasteiger partial charge is 0.0736 e. The van der Waals surface area contributed by atoms with Crippen LogP contribution in [0.15, 0.2) is 23.5 Å². The molecule has 0 unspecified atom stereocenters. The number of aryl methyl sites for hydroxylation is 1. The number of hydrogen-bond acceptors (Lipinski definition) is 4. The van der Waals surface area contributed by atoms with E-state index in [2.05, 4.69) is 28.0 Å². The SMILES string of the molecule is CC.CN=C/C(=C\N)c1cc2c(cn1)N(C)CCC2. The van der Waals surface area contributed by atoms with Gasteiger partial charge in [-0.3, -0.25) is 9.98 Å². The summed E-state index contributed by atoms with van der Waals surface area (Å²) in [5, 5.41) is 0. The van der Waals surface area contributed by atoms with Crippen molar-refractivity contribution in [1.29, 1.82) is 0 Å². The van der Waals surface area contributed by atoms with E-state index in [-0.39, 0.29) is 0 Å². The third-order valence-corrected chi connectivity index (χ3v) is 3.06. The highest BCUT2D eigenvalue weighted by Gasteiger charge is 2.15. The van der Waals surface area contributed by atoms with Crippen LogP contribution in [0.5, 0.6) is 0 Å². The molecule has 4 nitrogen and oxygen atoms in total. The van der Waals surface area contributed by atoms with E-state index in [9.17, 15) is 0 Å². The molecule has 104 valence electrons. The van der Waals surface area contributed by atoms with Crippen LogP contribution in [0.25, 0.3) is 5.57 Å². The van der Waals surface area contributed by atoms with E-state index in [0.29, 0.717) is 0 Å². The maximum absolute atomic E-state index is 5.59. The van der Waals surface area contributed by atoms with Crippen molar-refractivity contribution in [2.24, 2.45) is 10.7 Å². The van der Waals surface area contributed by atoms with Crippen molar-refractivity contribution < 1.29 is 0 Å². The summed E-state index contributed by atoms with van der Waals surface area (Å²) in [6.45, 7) is 5.10. The lowest BCUT2D eigenvalue weighted by Gasteiger charge is -2.27. The zero-order valence-corrected chi connectivity index (χ0v) is 12.3. The van der Waals surface area contributed by atoms with E-state index in [1.807, 2.05) is 20.0 Å². The van der Waals surface area contributed by atoms with Crippen LogP contribution in [-0.2, 0) is 6.42 Å². The molecule has 0 saturated heterocycles. The van der Waals surface area contributed by atoms with Gasteiger partial charge in [0.15, 0.2) is 0 Å². The van der Waals surface area contributed by atoms with Crippen LogP contribution in [0.3, 0.4) is 0 Å². The molecule has 1 aromatic rings. The molecule has 0 radical (unpaired) electrons. The van der Waals surface area contributed by atoms with Gasteiger partial charge in [-0.2, -0.15) is 0 Å². The molecule has 0 fully saturated rings.